The zero-order chi connectivity index (χ0) is 34.6. The van der Waals surface area contributed by atoms with Crippen LogP contribution in [0.1, 0.15) is 54.4 Å². The summed E-state index contributed by atoms with van der Waals surface area (Å²) in [5.41, 5.74) is 3.76. The number of benzene rings is 2. The first-order valence-corrected chi connectivity index (χ1v) is 18.8. The summed E-state index contributed by atoms with van der Waals surface area (Å²) in [5.74, 6) is 0.948. The molecular weight excluding hydrogens is 669 g/mol. The lowest BCUT2D eigenvalue weighted by Gasteiger charge is -2.56. The summed E-state index contributed by atoms with van der Waals surface area (Å²) in [7, 11) is 4.33. The van der Waals surface area contributed by atoms with Crippen molar-refractivity contribution in [2.24, 2.45) is 11.8 Å². The summed E-state index contributed by atoms with van der Waals surface area (Å²) >= 11 is 1.01. The quantitative estimate of drug-likeness (QED) is 0.236. The minimum absolute atomic E-state index is 0.203. The van der Waals surface area contributed by atoms with E-state index in [2.05, 4.69) is 36.0 Å². The van der Waals surface area contributed by atoms with Gasteiger partial charge in [-0.25, -0.2) is 9.59 Å². The number of esters is 2. The Bertz CT molecular complexity index is 1980. The van der Waals surface area contributed by atoms with Crippen LogP contribution in [0, 0.1) is 11.8 Å². The van der Waals surface area contributed by atoms with E-state index in [1.54, 1.807) is 24.3 Å². The molecule has 10 unspecified atom stereocenters. The third-order valence-electron chi connectivity index (χ3n) is 13.7. The number of rotatable bonds is 4. The van der Waals surface area contributed by atoms with Crippen molar-refractivity contribution >= 4 is 23.3 Å². The van der Waals surface area contributed by atoms with Crippen LogP contribution in [-0.2, 0) is 23.7 Å². The predicted molar refractivity (Wildman–Crippen MR) is 186 cm³/mol. The molecule has 10 atom stereocenters. The molecule has 0 saturated carbocycles. The highest BCUT2D eigenvalue weighted by Crippen LogP contribution is 2.64. The van der Waals surface area contributed by atoms with E-state index in [9.17, 15) is 19.8 Å². The van der Waals surface area contributed by atoms with Gasteiger partial charge in [-0.1, -0.05) is 36.4 Å². The first-order chi connectivity index (χ1) is 24.7. The molecule has 8 aliphatic rings. The van der Waals surface area contributed by atoms with Gasteiger partial charge in [0.1, 0.15) is 34.2 Å². The van der Waals surface area contributed by atoms with E-state index < -0.39 is 36.4 Å². The predicted octanol–water partition coefficient (Wildman–Crippen LogP) is 3.80. The molecule has 4 bridgehead atoms. The summed E-state index contributed by atoms with van der Waals surface area (Å²) in [5, 5.41) is 22.1. The normalized spacial score (nSPS) is 37.3. The fourth-order valence-electron chi connectivity index (χ4n) is 11.5. The number of aliphatic hydroxyl groups excluding tert-OH is 2. The van der Waals surface area contributed by atoms with Gasteiger partial charge in [-0.2, -0.15) is 0 Å². The number of hydrogen-bond acceptors (Lipinski definition) is 11. The number of carbonyl (C=O) groups is 2. The third-order valence-corrected chi connectivity index (χ3v) is 14.7. The van der Waals surface area contributed by atoms with Crippen molar-refractivity contribution in [2.45, 2.75) is 73.0 Å². The fraction of sp³-hybridized carbons (Fsp3) is 0.450. The van der Waals surface area contributed by atoms with Crippen LogP contribution in [0.4, 0.5) is 0 Å². The number of thiophene rings is 1. The van der Waals surface area contributed by atoms with E-state index in [1.807, 2.05) is 24.3 Å². The number of hydrogen-bond donors (Lipinski definition) is 2. The van der Waals surface area contributed by atoms with E-state index in [-0.39, 0.29) is 32.4 Å². The Balaban J connectivity index is 0.866. The molecular formula is C40H38N2O8S. The maximum Gasteiger partial charge on any atom is 0.353 e. The summed E-state index contributed by atoms with van der Waals surface area (Å²) in [6.45, 7) is 1.80. The maximum absolute atomic E-state index is 13.6. The average molecular weight is 707 g/mol. The van der Waals surface area contributed by atoms with Crippen molar-refractivity contribution < 1.29 is 38.7 Å². The number of aliphatic hydroxyl groups is 2. The van der Waals surface area contributed by atoms with Gasteiger partial charge < -0.3 is 39.0 Å². The molecule has 5 heterocycles. The molecule has 0 amide bonds. The maximum atomic E-state index is 13.6. The number of carbonyl (C=O) groups excluding carboxylic acids is 2. The molecule has 2 fully saturated rings. The van der Waals surface area contributed by atoms with Crippen LogP contribution < -0.4 is 18.9 Å². The van der Waals surface area contributed by atoms with E-state index >= 15 is 0 Å². The zero-order valence-corrected chi connectivity index (χ0v) is 29.1. The summed E-state index contributed by atoms with van der Waals surface area (Å²) < 4.78 is 25.0. The second-order valence-corrected chi connectivity index (χ2v) is 16.8. The van der Waals surface area contributed by atoms with E-state index in [0.29, 0.717) is 35.1 Å². The summed E-state index contributed by atoms with van der Waals surface area (Å²) in [4.78, 5) is 32.5. The third kappa shape index (κ3) is 3.80. The van der Waals surface area contributed by atoms with Gasteiger partial charge in [-0.15, -0.1) is 11.3 Å². The molecule has 1 aromatic heterocycles. The van der Waals surface area contributed by atoms with Gasteiger partial charge in [-0.3, -0.25) is 0 Å². The van der Waals surface area contributed by atoms with Crippen molar-refractivity contribution in [1.82, 2.24) is 9.80 Å². The fourth-order valence-corrected chi connectivity index (χ4v) is 12.2. The van der Waals surface area contributed by atoms with Crippen LogP contribution in [0.5, 0.6) is 23.0 Å². The molecule has 262 valence electrons. The Labute approximate surface area is 298 Å². The number of piperidine rings is 2. The standard InChI is InChI=1S/C40H38N2O8S/c1-41-15-13-39-21-5-7-25(43)35(39)49-33-27(9-3-19(31(33)39)17-23(21)41)47-37(45)29-11-12-30(51-29)38(46)48-28-10-4-20-18-24-22-6-8-26(44)36-40(22,14-16-42(24)2)32(20)34(28)50-36/h3-12,21-26,35-36,43-44H,13-18H2,1-2H3. The van der Waals surface area contributed by atoms with Gasteiger partial charge >= 0.3 is 11.9 Å². The van der Waals surface area contributed by atoms with Gasteiger partial charge in [0, 0.05) is 45.9 Å². The van der Waals surface area contributed by atoms with Crippen LogP contribution in [0.3, 0.4) is 0 Å². The highest BCUT2D eigenvalue weighted by atomic mass is 32.1. The van der Waals surface area contributed by atoms with Gasteiger partial charge in [0.2, 0.25) is 0 Å². The molecule has 10 nitrogen and oxygen atoms in total. The van der Waals surface area contributed by atoms with Gasteiger partial charge in [0.05, 0.1) is 0 Å². The minimum Gasteiger partial charge on any atom is -0.482 e. The molecule has 0 radical (unpaired) electrons. The van der Waals surface area contributed by atoms with Crippen LogP contribution in [0.15, 0.2) is 60.7 Å². The second-order valence-electron chi connectivity index (χ2n) is 15.8. The van der Waals surface area contributed by atoms with Crippen LogP contribution in [0.25, 0.3) is 0 Å². The first kappa shape index (κ1) is 30.6. The van der Waals surface area contributed by atoms with Crippen LogP contribution in [0.2, 0.25) is 0 Å². The molecule has 11 rings (SSSR count). The second kappa shape index (κ2) is 10.3. The number of likely N-dealkylation sites (N-methyl/N-ethyl adjacent to an activating group) is 2. The lowest BCUT2D eigenvalue weighted by Crippen LogP contribution is -2.64. The van der Waals surface area contributed by atoms with Gasteiger partial charge in [0.15, 0.2) is 23.0 Å². The lowest BCUT2D eigenvalue weighted by molar-refractivity contribution is -0.0453. The molecule has 2 aromatic carbocycles. The van der Waals surface area contributed by atoms with E-state index in [4.69, 9.17) is 18.9 Å². The summed E-state index contributed by atoms with van der Waals surface area (Å²) in [6, 6.07) is 11.4. The SMILES string of the molecule is CN1CCC23c4c5ccc(OC(=O)c6ccc(C(=O)Oc7ccc8c9c7OC7C(O)C=CC%10C(C8)N(C)CCC9%107)s6)c4OC2C(O)C=CC3C1C5. The number of nitrogens with zero attached hydrogens (tertiary/aromatic N) is 2. The summed E-state index contributed by atoms with van der Waals surface area (Å²) in [6.07, 6.45) is 9.05. The number of ether oxygens (including phenoxy) is 4. The van der Waals surface area contributed by atoms with Crippen molar-refractivity contribution in [3.05, 3.63) is 92.7 Å². The van der Waals surface area contributed by atoms with Crippen molar-refractivity contribution in [2.75, 3.05) is 27.2 Å². The lowest BCUT2D eigenvalue weighted by atomic mass is 9.53. The Morgan fingerprint density at radius 1 is 0.706 bits per heavy atom. The number of likely N-dealkylation sites (tertiary alicyclic amines) is 2. The van der Waals surface area contributed by atoms with E-state index in [0.717, 1.165) is 61.2 Å². The highest BCUT2D eigenvalue weighted by molar-refractivity contribution is 7.15. The Kier molecular flexibility index (Phi) is 6.19. The molecule has 2 spiro atoms. The topological polar surface area (TPSA) is 118 Å². The Hall–Kier alpha value is -4.00. The van der Waals surface area contributed by atoms with Crippen LogP contribution in [-0.4, -0.2) is 95.6 Å². The first-order valence-electron chi connectivity index (χ1n) is 18.0. The van der Waals surface area contributed by atoms with Crippen molar-refractivity contribution in [1.29, 1.82) is 0 Å². The van der Waals surface area contributed by atoms with Gasteiger partial charge in [-0.05, 0) is 88.3 Å². The highest BCUT2D eigenvalue weighted by Gasteiger charge is 2.65. The van der Waals surface area contributed by atoms with E-state index in [1.165, 1.54) is 11.1 Å². The minimum atomic E-state index is -0.753. The van der Waals surface area contributed by atoms with Crippen molar-refractivity contribution in [3.63, 3.8) is 0 Å². The Morgan fingerprint density at radius 3 is 1.61 bits per heavy atom. The molecule has 2 N–H and O–H groups in total. The molecule has 51 heavy (non-hydrogen) atoms. The average Bonchev–Trinajstić information content (AvgIpc) is 3.85. The van der Waals surface area contributed by atoms with Crippen molar-refractivity contribution in [3.8, 4) is 23.0 Å². The largest absolute Gasteiger partial charge is 0.482 e. The smallest absolute Gasteiger partial charge is 0.353 e. The monoisotopic (exact) mass is 706 g/mol. The zero-order valence-electron chi connectivity index (χ0n) is 28.3. The molecule has 2 saturated heterocycles. The molecule has 11 heteroatoms. The van der Waals surface area contributed by atoms with Crippen LogP contribution >= 0.6 is 11.3 Å². The molecule has 4 aliphatic heterocycles. The van der Waals surface area contributed by atoms with Gasteiger partial charge in [0.25, 0.3) is 0 Å². The Morgan fingerprint density at radius 2 is 1.16 bits per heavy atom. The molecule has 3 aromatic rings. The molecule has 4 aliphatic carbocycles.